The lowest BCUT2D eigenvalue weighted by Gasteiger charge is -2.12. The quantitative estimate of drug-likeness (QED) is 0.234. The minimum Gasteiger partial charge on any atom is -0.507 e. The van der Waals surface area contributed by atoms with Crippen molar-refractivity contribution in [2.24, 2.45) is 0 Å². The predicted molar refractivity (Wildman–Crippen MR) is 157 cm³/mol. The van der Waals surface area contributed by atoms with Gasteiger partial charge in [0.05, 0.1) is 28.6 Å². The van der Waals surface area contributed by atoms with Crippen molar-refractivity contribution in [1.82, 2.24) is 25.1 Å². The molecule has 1 aliphatic rings. The highest BCUT2D eigenvalue weighted by Gasteiger charge is 2.26. The van der Waals surface area contributed by atoms with E-state index < -0.39 is 5.91 Å². The molecule has 0 unspecified atom stereocenters. The first-order valence-corrected chi connectivity index (χ1v) is 13.7. The van der Waals surface area contributed by atoms with Crippen LogP contribution in [0.2, 0.25) is 0 Å². The summed E-state index contributed by atoms with van der Waals surface area (Å²) in [4.78, 5) is 34.7. The number of benzene rings is 3. The van der Waals surface area contributed by atoms with Crippen molar-refractivity contribution in [1.29, 1.82) is 0 Å². The van der Waals surface area contributed by atoms with Crippen LogP contribution in [0.25, 0.3) is 22.3 Å². The lowest BCUT2D eigenvalue weighted by atomic mass is 10.0. The van der Waals surface area contributed by atoms with E-state index in [9.17, 15) is 14.7 Å². The summed E-state index contributed by atoms with van der Waals surface area (Å²) in [5.41, 5.74) is 5.86. The summed E-state index contributed by atoms with van der Waals surface area (Å²) < 4.78 is 1.44. The number of aromatic nitrogens is 4. The van der Waals surface area contributed by atoms with Crippen LogP contribution in [0, 0.1) is 6.92 Å². The predicted octanol–water partition coefficient (Wildman–Crippen LogP) is 6.18. The molecule has 206 valence electrons. The average molecular weight is 547 g/mol. The smallest absolute Gasteiger partial charge is 0.342 e. The molecule has 0 aliphatic heterocycles. The summed E-state index contributed by atoms with van der Waals surface area (Å²) in [7, 11) is 0. The van der Waals surface area contributed by atoms with E-state index in [4.69, 9.17) is 0 Å². The summed E-state index contributed by atoms with van der Waals surface area (Å²) in [6, 6.07) is 21.8. The number of phenols is 1. The summed E-state index contributed by atoms with van der Waals surface area (Å²) in [5, 5.41) is 21.3. The Kier molecular flexibility index (Phi) is 7.16. The Hall–Kier alpha value is -5.05. The number of carbonyl (C=O) groups is 2. The van der Waals surface area contributed by atoms with Gasteiger partial charge in [0, 0.05) is 29.8 Å². The molecule has 0 atom stereocenters. The van der Waals surface area contributed by atoms with Crippen molar-refractivity contribution in [2.45, 2.75) is 45.1 Å². The van der Waals surface area contributed by atoms with Crippen LogP contribution in [0.5, 0.6) is 5.75 Å². The Bertz CT molecular complexity index is 1740. The highest BCUT2D eigenvalue weighted by atomic mass is 16.3. The minimum absolute atomic E-state index is 0.0601. The van der Waals surface area contributed by atoms with Gasteiger partial charge in [-0.25, -0.2) is 9.78 Å². The lowest BCUT2D eigenvalue weighted by molar-refractivity contribution is 0.102. The molecule has 1 aliphatic carbocycles. The number of rotatable bonds is 6. The molecule has 9 nitrogen and oxygen atoms in total. The number of para-hydroxylation sites is 2. The van der Waals surface area contributed by atoms with Gasteiger partial charge in [-0.3, -0.25) is 9.78 Å². The van der Waals surface area contributed by atoms with E-state index in [1.54, 1.807) is 18.2 Å². The van der Waals surface area contributed by atoms with Gasteiger partial charge in [0.2, 0.25) is 0 Å². The van der Waals surface area contributed by atoms with E-state index >= 15 is 0 Å². The SMILES string of the molecule is Cc1ccc(CNC(=O)n2nc(-c3ccc(NC(=O)c4cnc5ccccc5n4)cc3O)cc2C2CCCC2)cc1. The van der Waals surface area contributed by atoms with Crippen LogP contribution in [-0.4, -0.2) is 36.8 Å². The molecule has 2 aromatic heterocycles. The normalized spacial score (nSPS) is 13.4. The number of nitrogens with zero attached hydrogens (tertiary/aromatic N) is 4. The number of hydrogen-bond acceptors (Lipinski definition) is 6. The zero-order valence-corrected chi connectivity index (χ0v) is 22.7. The Morgan fingerprint density at radius 2 is 1.73 bits per heavy atom. The first kappa shape index (κ1) is 26.2. The summed E-state index contributed by atoms with van der Waals surface area (Å²) in [6.45, 7) is 2.41. The molecule has 1 fully saturated rings. The van der Waals surface area contributed by atoms with Gasteiger partial charge in [0.25, 0.3) is 5.91 Å². The molecule has 2 heterocycles. The largest absolute Gasteiger partial charge is 0.507 e. The fourth-order valence-corrected chi connectivity index (χ4v) is 5.25. The zero-order valence-electron chi connectivity index (χ0n) is 22.7. The topological polar surface area (TPSA) is 122 Å². The fourth-order valence-electron chi connectivity index (χ4n) is 5.25. The molecule has 6 rings (SSSR count). The van der Waals surface area contributed by atoms with Crippen LogP contribution >= 0.6 is 0 Å². The Labute approximate surface area is 237 Å². The second-order valence-corrected chi connectivity index (χ2v) is 10.4. The number of aromatic hydroxyl groups is 1. The molecule has 3 N–H and O–H groups in total. The van der Waals surface area contributed by atoms with Gasteiger partial charge in [-0.05, 0) is 55.7 Å². The van der Waals surface area contributed by atoms with Gasteiger partial charge in [-0.1, -0.05) is 54.8 Å². The summed E-state index contributed by atoms with van der Waals surface area (Å²) in [6.07, 6.45) is 5.62. The molecule has 1 saturated carbocycles. The maximum absolute atomic E-state index is 13.3. The number of fused-ring (bicyclic) bond motifs is 1. The van der Waals surface area contributed by atoms with Crippen molar-refractivity contribution in [3.05, 3.63) is 102 Å². The van der Waals surface area contributed by atoms with E-state index in [1.807, 2.05) is 55.5 Å². The summed E-state index contributed by atoms with van der Waals surface area (Å²) >= 11 is 0. The van der Waals surface area contributed by atoms with Crippen LogP contribution in [0.15, 0.2) is 79.0 Å². The van der Waals surface area contributed by atoms with Crippen LogP contribution < -0.4 is 10.6 Å². The van der Waals surface area contributed by atoms with Gasteiger partial charge < -0.3 is 15.7 Å². The number of anilines is 1. The third-order valence-electron chi connectivity index (χ3n) is 7.48. The Balaban J connectivity index is 1.22. The number of nitrogens with one attached hydrogen (secondary N) is 2. The molecular formula is C32H30N6O3. The Morgan fingerprint density at radius 1 is 0.976 bits per heavy atom. The lowest BCUT2D eigenvalue weighted by Crippen LogP contribution is -2.30. The molecule has 41 heavy (non-hydrogen) atoms. The number of amides is 2. The number of phenolic OH excluding ortho intramolecular Hbond substituents is 1. The Morgan fingerprint density at radius 3 is 2.49 bits per heavy atom. The molecule has 5 aromatic rings. The van der Waals surface area contributed by atoms with Crippen molar-refractivity contribution in [3.8, 4) is 17.0 Å². The van der Waals surface area contributed by atoms with E-state index in [2.05, 4.69) is 25.7 Å². The molecular weight excluding hydrogens is 516 g/mol. The molecule has 9 heteroatoms. The van der Waals surface area contributed by atoms with E-state index in [0.717, 1.165) is 42.5 Å². The second kappa shape index (κ2) is 11.2. The van der Waals surface area contributed by atoms with E-state index in [1.165, 1.54) is 16.9 Å². The number of hydrogen-bond donors (Lipinski definition) is 3. The highest BCUT2D eigenvalue weighted by Crippen LogP contribution is 2.38. The first-order chi connectivity index (χ1) is 19.9. The standard InChI is InChI=1S/C32H30N6O3/c1-20-10-12-21(13-11-20)18-34-32(41)38-29(22-6-2-3-7-22)17-27(37-38)24-15-14-23(16-30(24)39)35-31(40)28-19-33-25-8-4-5-9-26(25)36-28/h4-5,8-17,19,22,39H,2-3,6-7,18H2,1H3,(H,34,41)(H,35,40). The van der Waals surface area contributed by atoms with Crippen LogP contribution in [0.1, 0.15) is 58.9 Å². The van der Waals surface area contributed by atoms with E-state index in [-0.39, 0.29) is 23.4 Å². The third-order valence-corrected chi connectivity index (χ3v) is 7.48. The van der Waals surface area contributed by atoms with Crippen molar-refractivity contribution < 1.29 is 14.7 Å². The van der Waals surface area contributed by atoms with Crippen LogP contribution in [0.4, 0.5) is 10.5 Å². The monoisotopic (exact) mass is 546 g/mol. The van der Waals surface area contributed by atoms with Crippen molar-refractivity contribution in [2.75, 3.05) is 5.32 Å². The molecule has 0 saturated heterocycles. The third kappa shape index (κ3) is 5.65. The number of aryl methyl sites for hydroxylation is 1. The van der Waals surface area contributed by atoms with Gasteiger partial charge in [0.1, 0.15) is 11.4 Å². The van der Waals surface area contributed by atoms with Crippen molar-refractivity contribution >= 4 is 28.7 Å². The zero-order chi connectivity index (χ0) is 28.3. The maximum atomic E-state index is 13.3. The molecule has 3 aromatic carbocycles. The average Bonchev–Trinajstić information content (AvgIpc) is 3.67. The van der Waals surface area contributed by atoms with Gasteiger partial charge in [-0.2, -0.15) is 9.78 Å². The van der Waals surface area contributed by atoms with Gasteiger partial charge in [-0.15, -0.1) is 0 Å². The van der Waals surface area contributed by atoms with E-state index in [0.29, 0.717) is 34.5 Å². The first-order valence-electron chi connectivity index (χ1n) is 13.7. The van der Waals surface area contributed by atoms with Gasteiger partial charge >= 0.3 is 6.03 Å². The molecule has 0 spiro atoms. The number of carbonyl (C=O) groups excluding carboxylic acids is 2. The molecule has 2 amide bonds. The fraction of sp³-hybridized carbons (Fsp3) is 0.219. The van der Waals surface area contributed by atoms with Gasteiger partial charge in [0.15, 0.2) is 0 Å². The maximum Gasteiger partial charge on any atom is 0.342 e. The van der Waals surface area contributed by atoms with Crippen LogP contribution in [-0.2, 0) is 6.54 Å². The van der Waals surface area contributed by atoms with Crippen molar-refractivity contribution in [3.63, 3.8) is 0 Å². The summed E-state index contributed by atoms with van der Waals surface area (Å²) in [5.74, 6) is -0.270. The molecule has 0 bridgehead atoms. The second-order valence-electron chi connectivity index (χ2n) is 10.4. The van der Waals surface area contributed by atoms with Crippen LogP contribution in [0.3, 0.4) is 0 Å². The minimum atomic E-state index is -0.437. The highest BCUT2D eigenvalue weighted by molar-refractivity contribution is 6.03. The molecule has 0 radical (unpaired) electrons.